The van der Waals surface area contributed by atoms with Crippen molar-refractivity contribution in [1.82, 2.24) is 4.90 Å². The summed E-state index contributed by atoms with van der Waals surface area (Å²) in [5, 5.41) is 9.36. The molecule has 3 amide bonds. The third-order valence-corrected chi connectivity index (χ3v) is 10.6. The Bertz CT molecular complexity index is 1800. The van der Waals surface area contributed by atoms with Gasteiger partial charge in [-0.25, -0.2) is 4.79 Å². The Balaban J connectivity index is 1.18. The highest BCUT2D eigenvalue weighted by atomic mass is 16.7. The van der Waals surface area contributed by atoms with Gasteiger partial charge in [0.25, 0.3) is 5.91 Å². The van der Waals surface area contributed by atoms with Gasteiger partial charge in [0.1, 0.15) is 17.1 Å². The van der Waals surface area contributed by atoms with Gasteiger partial charge in [-0.3, -0.25) is 9.59 Å². The van der Waals surface area contributed by atoms with E-state index >= 15 is 4.79 Å². The molecule has 3 heterocycles. The fraction of sp³-hybridized carbons (Fsp3) is 0.512. The molecule has 3 aromatic rings. The summed E-state index contributed by atoms with van der Waals surface area (Å²) in [6, 6.07) is 22.1. The zero-order valence-corrected chi connectivity index (χ0v) is 31.7. The molecule has 11 nitrogen and oxygen atoms in total. The number of aliphatic hydroxyl groups excluding tert-OH is 1. The second-order valence-corrected chi connectivity index (χ2v) is 15.8. The van der Waals surface area contributed by atoms with Gasteiger partial charge in [0.15, 0.2) is 12.9 Å². The summed E-state index contributed by atoms with van der Waals surface area (Å²) in [6.07, 6.45) is 5.98. The number of piperidine rings is 1. The molecule has 54 heavy (non-hydrogen) atoms. The van der Waals surface area contributed by atoms with Crippen molar-refractivity contribution in [2.45, 2.75) is 96.0 Å². The number of hydrogen-bond acceptors (Lipinski definition) is 8. The third kappa shape index (κ3) is 8.84. The number of rotatable bonds is 11. The molecule has 0 radical (unpaired) electrons. The fourth-order valence-corrected chi connectivity index (χ4v) is 7.72. The number of benzene rings is 3. The minimum atomic E-state index is -0.669. The third-order valence-electron chi connectivity index (χ3n) is 10.6. The standard InChI is InChI=1S/C43H53N3O8/c1-43(2,3)54-42(50)44-22-20-35(31-10-8-9-30(25-31)29-12-17-34(18-13-29)53-40-11-4-7-24-51-40)36(27-44)41(49)46(32-14-15-32)33-16-19-38-37(26-33)45(21-5-6-23-47)39(48)28-52-38/h8-10,12-13,16-19,25-26,32,35-36,40,47H,4-7,11,14-15,20-24,27-28H2,1-3H3/t35-,36?,40?/m1/s1. The Morgan fingerprint density at radius 1 is 0.944 bits per heavy atom. The molecule has 0 bridgehead atoms. The number of aliphatic hydroxyl groups is 1. The van der Waals surface area contributed by atoms with Crippen LogP contribution in [0.3, 0.4) is 0 Å². The first-order valence-corrected chi connectivity index (χ1v) is 19.6. The normalized spacial score (nSPS) is 21.6. The highest BCUT2D eigenvalue weighted by Gasteiger charge is 2.44. The highest BCUT2D eigenvalue weighted by Crippen LogP contribution is 2.43. The lowest BCUT2D eigenvalue weighted by atomic mass is 9.78. The van der Waals surface area contributed by atoms with Crippen LogP contribution in [0.15, 0.2) is 66.7 Å². The molecule has 7 rings (SSSR count). The van der Waals surface area contributed by atoms with Crippen LogP contribution in [0.25, 0.3) is 11.1 Å². The van der Waals surface area contributed by atoms with Crippen molar-refractivity contribution in [3.8, 4) is 22.6 Å². The lowest BCUT2D eigenvalue weighted by Gasteiger charge is -2.41. The molecule has 2 unspecified atom stereocenters. The first kappa shape index (κ1) is 37.7. The maximum Gasteiger partial charge on any atom is 0.410 e. The number of likely N-dealkylation sites (tertiary alicyclic amines) is 1. The maximum atomic E-state index is 15.1. The molecule has 1 aliphatic carbocycles. The van der Waals surface area contributed by atoms with Gasteiger partial charge in [0, 0.05) is 44.4 Å². The van der Waals surface area contributed by atoms with Crippen molar-refractivity contribution in [1.29, 1.82) is 0 Å². The van der Waals surface area contributed by atoms with E-state index in [2.05, 4.69) is 30.3 Å². The molecule has 1 N–H and O–H groups in total. The lowest BCUT2D eigenvalue weighted by Crippen LogP contribution is -2.51. The van der Waals surface area contributed by atoms with Gasteiger partial charge >= 0.3 is 6.09 Å². The quantitative estimate of drug-likeness (QED) is 0.204. The van der Waals surface area contributed by atoms with Crippen molar-refractivity contribution >= 4 is 29.3 Å². The van der Waals surface area contributed by atoms with Crippen LogP contribution in [0, 0.1) is 5.92 Å². The van der Waals surface area contributed by atoms with Gasteiger partial charge in [0.05, 0.1) is 18.2 Å². The first-order valence-electron chi connectivity index (χ1n) is 19.6. The molecule has 3 fully saturated rings. The Morgan fingerprint density at radius 2 is 1.76 bits per heavy atom. The summed E-state index contributed by atoms with van der Waals surface area (Å²) in [4.78, 5) is 46.8. The SMILES string of the molecule is CC(C)(C)OC(=O)N1CC[C@H](c2cccc(-c3ccc(OC4CCCCO4)cc3)c2)C(C(=O)N(c2ccc3c(c2)N(CCCCO)C(=O)CO3)C2CC2)C1. The largest absolute Gasteiger partial charge is 0.482 e. The molecule has 288 valence electrons. The molecule has 4 aliphatic rings. The summed E-state index contributed by atoms with van der Waals surface area (Å²) in [5.74, 6) is 0.471. The van der Waals surface area contributed by atoms with Crippen LogP contribution in [0.5, 0.6) is 11.5 Å². The molecular formula is C43H53N3O8. The van der Waals surface area contributed by atoms with E-state index in [1.807, 2.05) is 62.1 Å². The smallest absolute Gasteiger partial charge is 0.410 e. The van der Waals surface area contributed by atoms with Crippen LogP contribution in [-0.2, 0) is 19.1 Å². The number of nitrogens with zero attached hydrogens (tertiary/aromatic N) is 3. The zero-order valence-electron chi connectivity index (χ0n) is 31.7. The van der Waals surface area contributed by atoms with Gasteiger partial charge in [-0.05, 0) is 119 Å². The van der Waals surface area contributed by atoms with E-state index in [0.29, 0.717) is 49.5 Å². The predicted molar refractivity (Wildman–Crippen MR) is 206 cm³/mol. The Kier molecular flexibility index (Phi) is 11.5. The molecule has 3 aromatic carbocycles. The van der Waals surface area contributed by atoms with Crippen LogP contribution in [-0.4, -0.2) is 85.3 Å². The second-order valence-electron chi connectivity index (χ2n) is 15.8. The van der Waals surface area contributed by atoms with Crippen molar-refractivity contribution in [2.24, 2.45) is 5.92 Å². The van der Waals surface area contributed by atoms with Gasteiger partial charge < -0.3 is 38.8 Å². The van der Waals surface area contributed by atoms with Crippen molar-refractivity contribution < 1.29 is 38.4 Å². The molecule has 3 aliphatic heterocycles. The van der Waals surface area contributed by atoms with Crippen LogP contribution < -0.4 is 19.3 Å². The molecule has 1 saturated carbocycles. The Labute approximate surface area is 318 Å². The fourth-order valence-electron chi connectivity index (χ4n) is 7.72. The van der Waals surface area contributed by atoms with Gasteiger partial charge in [-0.2, -0.15) is 0 Å². The first-order chi connectivity index (χ1) is 26.1. The molecule has 0 spiro atoms. The number of amides is 3. The van der Waals surface area contributed by atoms with Crippen LogP contribution in [0.2, 0.25) is 0 Å². The number of carbonyl (C=O) groups is 3. The summed E-state index contributed by atoms with van der Waals surface area (Å²) in [7, 11) is 0. The minimum Gasteiger partial charge on any atom is -0.482 e. The van der Waals surface area contributed by atoms with Crippen LogP contribution >= 0.6 is 0 Å². The van der Waals surface area contributed by atoms with Crippen molar-refractivity contribution in [2.75, 3.05) is 49.3 Å². The minimum absolute atomic E-state index is 0.0160. The molecule has 2 saturated heterocycles. The number of hydrogen-bond donors (Lipinski definition) is 1. The maximum absolute atomic E-state index is 15.1. The lowest BCUT2D eigenvalue weighted by molar-refractivity contribution is -0.124. The number of unbranched alkanes of at least 4 members (excludes halogenated alkanes) is 1. The summed E-state index contributed by atoms with van der Waals surface area (Å²) in [5.41, 5.74) is 3.78. The molecule has 3 atom stereocenters. The van der Waals surface area contributed by atoms with Gasteiger partial charge in [-0.15, -0.1) is 0 Å². The number of ether oxygens (including phenoxy) is 4. The van der Waals surface area contributed by atoms with E-state index < -0.39 is 17.6 Å². The highest BCUT2D eigenvalue weighted by molar-refractivity contribution is 6.01. The van der Waals surface area contributed by atoms with Crippen molar-refractivity contribution in [3.63, 3.8) is 0 Å². The van der Waals surface area contributed by atoms with E-state index in [0.717, 1.165) is 61.2 Å². The van der Waals surface area contributed by atoms with E-state index in [1.165, 1.54) is 0 Å². The summed E-state index contributed by atoms with van der Waals surface area (Å²) < 4.78 is 23.4. The molecule has 0 aromatic heterocycles. The summed E-state index contributed by atoms with van der Waals surface area (Å²) >= 11 is 0. The predicted octanol–water partition coefficient (Wildman–Crippen LogP) is 7.29. The second kappa shape index (κ2) is 16.4. The van der Waals surface area contributed by atoms with Crippen molar-refractivity contribution in [3.05, 3.63) is 72.3 Å². The Hall–Kier alpha value is -4.61. The Morgan fingerprint density at radius 3 is 2.48 bits per heavy atom. The van der Waals surface area contributed by atoms with E-state index in [-0.39, 0.29) is 49.8 Å². The number of anilines is 2. The number of carbonyl (C=O) groups excluding carboxylic acids is 3. The van der Waals surface area contributed by atoms with Gasteiger partial charge in [-0.1, -0.05) is 36.4 Å². The van der Waals surface area contributed by atoms with Crippen LogP contribution in [0.4, 0.5) is 16.2 Å². The summed E-state index contributed by atoms with van der Waals surface area (Å²) in [6.45, 7) is 7.41. The van der Waals surface area contributed by atoms with E-state index in [4.69, 9.17) is 18.9 Å². The monoisotopic (exact) mass is 739 g/mol. The zero-order chi connectivity index (χ0) is 37.8. The van der Waals surface area contributed by atoms with Crippen LogP contribution in [0.1, 0.15) is 83.6 Å². The van der Waals surface area contributed by atoms with E-state index in [1.54, 1.807) is 9.80 Å². The molecule has 11 heteroatoms. The number of fused-ring (bicyclic) bond motifs is 1. The average molecular weight is 740 g/mol. The van der Waals surface area contributed by atoms with E-state index in [9.17, 15) is 14.7 Å². The molecular weight excluding hydrogens is 686 g/mol. The average Bonchev–Trinajstić information content (AvgIpc) is 4.01. The van der Waals surface area contributed by atoms with Gasteiger partial charge in [0.2, 0.25) is 5.91 Å². The topological polar surface area (TPSA) is 118 Å².